The molecule has 0 unspecified atom stereocenters. The summed E-state index contributed by atoms with van der Waals surface area (Å²) in [6.07, 6.45) is 0. The lowest BCUT2D eigenvalue weighted by molar-refractivity contribution is 0.604. The summed E-state index contributed by atoms with van der Waals surface area (Å²) in [5.74, 6) is 0. The highest BCUT2D eigenvalue weighted by Gasteiger charge is 2.17. The second-order valence-electron chi connectivity index (χ2n) is 5.38. The van der Waals surface area contributed by atoms with E-state index in [4.69, 9.17) is 17.3 Å². The van der Waals surface area contributed by atoms with Gasteiger partial charge in [-0.2, -0.15) is 0 Å². The van der Waals surface area contributed by atoms with Crippen LogP contribution in [-0.2, 0) is 12.0 Å². The minimum absolute atomic E-state index is 0.185. The fourth-order valence-corrected chi connectivity index (χ4v) is 3.25. The molecule has 2 rings (SSSR count). The van der Waals surface area contributed by atoms with Crippen molar-refractivity contribution in [2.75, 3.05) is 0 Å². The van der Waals surface area contributed by atoms with Crippen molar-refractivity contribution in [2.24, 2.45) is 5.73 Å². The molecule has 1 aromatic heterocycles. The van der Waals surface area contributed by atoms with E-state index in [9.17, 15) is 0 Å². The van der Waals surface area contributed by atoms with Crippen LogP contribution in [0.1, 0.15) is 31.2 Å². The summed E-state index contributed by atoms with van der Waals surface area (Å²) in [5, 5.41) is 0.751. The van der Waals surface area contributed by atoms with Gasteiger partial charge in [0.1, 0.15) is 0 Å². The first-order valence-electron chi connectivity index (χ1n) is 6.01. The lowest BCUT2D eigenvalue weighted by Gasteiger charge is -2.15. The van der Waals surface area contributed by atoms with E-state index in [2.05, 4.69) is 39.0 Å². The molecule has 0 spiro atoms. The maximum absolute atomic E-state index is 6.20. The molecule has 96 valence electrons. The summed E-state index contributed by atoms with van der Waals surface area (Å²) < 4.78 is 0. The SMILES string of the molecule is CC(C)(C)c1ccc(-c2cccc(Cl)c2CN)s1. The van der Waals surface area contributed by atoms with Crippen molar-refractivity contribution in [1.82, 2.24) is 0 Å². The van der Waals surface area contributed by atoms with Crippen LogP contribution < -0.4 is 5.73 Å². The van der Waals surface area contributed by atoms with Crippen molar-refractivity contribution in [2.45, 2.75) is 32.7 Å². The zero-order valence-electron chi connectivity index (χ0n) is 11.0. The summed E-state index contributed by atoms with van der Waals surface area (Å²) in [7, 11) is 0. The fourth-order valence-electron chi connectivity index (χ4n) is 1.88. The van der Waals surface area contributed by atoms with Crippen LogP contribution in [0.25, 0.3) is 10.4 Å². The van der Waals surface area contributed by atoms with Gasteiger partial charge in [-0.1, -0.05) is 44.5 Å². The molecule has 0 amide bonds. The molecular formula is C15H18ClNS. The molecule has 0 fully saturated rings. The molecule has 1 aromatic carbocycles. The van der Waals surface area contributed by atoms with Gasteiger partial charge in [-0.05, 0) is 34.7 Å². The third-order valence-corrected chi connectivity index (χ3v) is 4.83. The van der Waals surface area contributed by atoms with Gasteiger partial charge in [0.25, 0.3) is 0 Å². The number of hydrogen-bond donors (Lipinski definition) is 1. The molecule has 0 saturated heterocycles. The van der Waals surface area contributed by atoms with Gasteiger partial charge in [-0.15, -0.1) is 11.3 Å². The van der Waals surface area contributed by atoms with Gasteiger partial charge in [0.15, 0.2) is 0 Å². The Labute approximate surface area is 118 Å². The van der Waals surface area contributed by atoms with Crippen molar-refractivity contribution in [3.8, 4) is 10.4 Å². The highest BCUT2D eigenvalue weighted by atomic mass is 35.5. The lowest BCUT2D eigenvalue weighted by Crippen LogP contribution is -2.07. The largest absolute Gasteiger partial charge is 0.326 e. The van der Waals surface area contributed by atoms with Gasteiger partial charge in [0, 0.05) is 21.3 Å². The van der Waals surface area contributed by atoms with Crippen LogP contribution in [0.2, 0.25) is 5.02 Å². The van der Waals surface area contributed by atoms with E-state index >= 15 is 0 Å². The van der Waals surface area contributed by atoms with E-state index in [0.29, 0.717) is 6.54 Å². The minimum Gasteiger partial charge on any atom is -0.326 e. The van der Waals surface area contributed by atoms with Crippen molar-refractivity contribution >= 4 is 22.9 Å². The van der Waals surface area contributed by atoms with Gasteiger partial charge in [-0.25, -0.2) is 0 Å². The van der Waals surface area contributed by atoms with Gasteiger partial charge >= 0.3 is 0 Å². The maximum Gasteiger partial charge on any atom is 0.0457 e. The smallest absolute Gasteiger partial charge is 0.0457 e. The molecule has 0 bridgehead atoms. The quantitative estimate of drug-likeness (QED) is 0.838. The minimum atomic E-state index is 0.185. The number of rotatable bonds is 2. The topological polar surface area (TPSA) is 26.0 Å². The normalized spacial score (nSPS) is 11.8. The summed E-state index contributed by atoms with van der Waals surface area (Å²) in [5.41, 5.74) is 8.17. The summed E-state index contributed by atoms with van der Waals surface area (Å²) in [6.45, 7) is 7.15. The van der Waals surface area contributed by atoms with Gasteiger partial charge < -0.3 is 5.73 Å². The van der Waals surface area contributed by atoms with Crippen molar-refractivity contribution in [3.05, 3.63) is 45.8 Å². The predicted octanol–water partition coefficient (Wildman–Crippen LogP) is 4.82. The van der Waals surface area contributed by atoms with Crippen molar-refractivity contribution in [3.63, 3.8) is 0 Å². The third kappa shape index (κ3) is 2.61. The second-order valence-corrected chi connectivity index (χ2v) is 6.87. The van der Waals surface area contributed by atoms with E-state index in [0.717, 1.165) is 16.1 Å². The summed E-state index contributed by atoms with van der Waals surface area (Å²) in [6, 6.07) is 10.3. The molecule has 1 nitrogen and oxygen atoms in total. The van der Waals surface area contributed by atoms with Crippen LogP contribution in [0, 0.1) is 0 Å². The van der Waals surface area contributed by atoms with Crippen LogP contribution in [0.5, 0.6) is 0 Å². The molecule has 18 heavy (non-hydrogen) atoms. The van der Waals surface area contributed by atoms with Crippen LogP contribution in [0.3, 0.4) is 0 Å². The molecule has 0 aliphatic heterocycles. The van der Waals surface area contributed by atoms with Gasteiger partial charge in [0.05, 0.1) is 0 Å². The number of thiophene rings is 1. The van der Waals surface area contributed by atoms with Crippen LogP contribution >= 0.6 is 22.9 Å². The molecule has 0 saturated carbocycles. The van der Waals surface area contributed by atoms with Crippen molar-refractivity contribution in [1.29, 1.82) is 0 Å². The van der Waals surface area contributed by atoms with Crippen LogP contribution in [0.15, 0.2) is 30.3 Å². The summed E-state index contributed by atoms with van der Waals surface area (Å²) in [4.78, 5) is 2.61. The average molecular weight is 280 g/mol. The molecular weight excluding hydrogens is 262 g/mol. The third-order valence-electron chi connectivity index (χ3n) is 2.93. The highest BCUT2D eigenvalue weighted by molar-refractivity contribution is 7.15. The molecule has 1 heterocycles. The van der Waals surface area contributed by atoms with Crippen LogP contribution in [-0.4, -0.2) is 0 Å². The fraction of sp³-hybridized carbons (Fsp3) is 0.333. The Hall–Kier alpha value is -0.830. The molecule has 2 aromatic rings. The van der Waals surface area contributed by atoms with Gasteiger partial charge in [0.2, 0.25) is 0 Å². The number of halogens is 1. The monoisotopic (exact) mass is 279 g/mol. The van der Waals surface area contributed by atoms with E-state index in [-0.39, 0.29) is 5.41 Å². The first-order valence-corrected chi connectivity index (χ1v) is 7.21. The second kappa shape index (κ2) is 5.04. The predicted molar refractivity (Wildman–Crippen MR) is 81.4 cm³/mol. The lowest BCUT2D eigenvalue weighted by atomic mass is 9.95. The Morgan fingerprint density at radius 2 is 1.89 bits per heavy atom. The molecule has 2 N–H and O–H groups in total. The van der Waals surface area contributed by atoms with Gasteiger partial charge in [-0.3, -0.25) is 0 Å². The first kappa shape index (κ1) is 13.6. The number of hydrogen-bond acceptors (Lipinski definition) is 2. The first-order chi connectivity index (χ1) is 8.43. The average Bonchev–Trinajstić information content (AvgIpc) is 2.77. The molecule has 3 heteroatoms. The Morgan fingerprint density at radius 1 is 1.17 bits per heavy atom. The highest BCUT2D eigenvalue weighted by Crippen LogP contribution is 2.37. The van der Waals surface area contributed by atoms with Crippen LogP contribution in [0.4, 0.5) is 0 Å². The zero-order chi connectivity index (χ0) is 13.3. The maximum atomic E-state index is 6.20. The Morgan fingerprint density at radius 3 is 2.44 bits per heavy atom. The Kier molecular flexibility index (Phi) is 3.81. The van der Waals surface area contributed by atoms with E-state index in [1.54, 1.807) is 0 Å². The van der Waals surface area contributed by atoms with E-state index in [1.165, 1.54) is 9.75 Å². The zero-order valence-corrected chi connectivity index (χ0v) is 12.5. The standard InChI is InChI=1S/C15H18ClNS/c1-15(2,3)14-8-7-13(18-14)10-5-4-6-12(16)11(10)9-17/h4-8H,9,17H2,1-3H3. The Bertz CT molecular complexity index is 552. The molecule has 0 radical (unpaired) electrons. The molecule has 0 atom stereocenters. The van der Waals surface area contributed by atoms with E-state index in [1.807, 2.05) is 23.5 Å². The molecule has 0 aliphatic rings. The van der Waals surface area contributed by atoms with E-state index < -0.39 is 0 Å². The summed E-state index contributed by atoms with van der Waals surface area (Å²) >= 11 is 8.02. The molecule has 0 aliphatic carbocycles. The number of nitrogens with two attached hydrogens (primary N) is 1. The number of benzene rings is 1. The van der Waals surface area contributed by atoms with Crippen molar-refractivity contribution < 1.29 is 0 Å². The Balaban J connectivity index is 2.50.